The van der Waals surface area contributed by atoms with Gasteiger partial charge in [0, 0.05) is 11.8 Å². The Bertz CT molecular complexity index is 1220. The van der Waals surface area contributed by atoms with Crippen LogP contribution in [0, 0.1) is 6.92 Å². The summed E-state index contributed by atoms with van der Waals surface area (Å²) >= 11 is 0. The predicted molar refractivity (Wildman–Crippen MR) is 125 cm³/mol. The number of ether oxygens (including phenoxy) is 2. The van der Waals surface area contributed by atoms with Gasteiger partial charge in [-0.05, 0) is 39.8 Å². The van der Waals surface area contributed by atoms with E-state index in [9.17, 15) is 28.4 Å². The molecular weight excluding hydrogens is 500 g/mol. The van der Waals surface area contributed by atoms with Gasteiger partial charge in [0.15, 0.2) is 12.4 Å². The molecule has 6 atom stereocenters. The number of aromatic amines is 1. The minimum Gasteiger partial charge on any atom is -0.462 e. The highest BCUT2D eigenvalue weighted by atomic mass is 31.2. The summed E-state index contributed by atoms with van der Waals surface area (Å²) in [7, 11) is -4.29. The van der Waals surface area contributed by atoms with Crippen molar-refractivity contribution in [3.05, 3.63) is 62.9 Å². The number of nitrogens with zero attached hydrogens (tertiary/aromatic N) is 1. The summed E-state index contributed by atoms with van der Waals surface area (Å²) in [4.78, 5) is 38.0. The first-order valence-corrected chi connectivity index (χ1v) is 12.7. The molecule has 1 aliphatic rings. The van der Waals surface area contributed by atoms with Gasteiger partial charge in [-0.2, -0.15) is 5.09 Å². The van der Waals surface area contributed by atoms with Gasteiger partial charge >= 0.3 is 19.4 Å². The van der Waals surface area contributed by atoms with Crippen molar-refractivity contribution in [2.45, 2.75) is 64.4 Å². The van der Waals surface area contributed by atoms with Crippen LogP contribution in [-0.4, -0.2) is 57.8 Å². The molecule has 36 heavy (non-hydrogen) atoms. The molecule has 2 aromatic rings. The van der Waals surface area contributed by atoms with E-state index >= 15 is 0 Å². The molecule has 3 rings (SSSR count). The van der Waals surface area contributed by atoms with Crippen molar-refractivity contribution in [2.24, 2.45) is 0 Å². The molecule has 0 bridgehead atoms. The van der Waals surface area contributed by atoms with Gasteiger partial charge in [0.05, 0.1) is 12.7 Å². The van der Waals surface area contributed by atoms with Crippen molar-refractivity contribution < 1.29 is 37.4 Å². The normalized spacial score (nSPS) is 24.3. The number of aryl methyl sites for hydroxylation is 1. The lowest BCUT2D eigenvalue weighted by atomic mass is 10.1. The second-order valence-electron chi connectivity index (χ2n) is 8.51. The Morgan fingerprint density at radius 3 is 2.58 bits per heavy atom. The number of aromatic nitrogens is 2. The standard InChI is InChI=1S/C22H29FN3O9P/c1-12(2)33-21(29)14(4)25-36(31,35-15-8-6-5-7-9-15)32-11-16-18(27)17(23)20(34-16)26-10-13(3)19(28)24-22(26)30/h5-10,12,14,16-18,20,27H,11H2,1-4H3,(H,25,31)(H,24,28,30)/t14-,16-,17?,18+,20-,36?/m0/s1. The molecule has 3 N–H and O–H groups in total. The third kappa shape index (κ3) is 6.68. The number of carbonyl (C=O) groups excluding carboxylic acids is 1. The lowest BCUT2D eigenvalue weighted by Crippen LogP contribution is -2.37. The topological polar surface area (TPSA) is 158 Å². The van der Waals surface area contributed by atoms with E-state index in [1.54, 1.807) is 32.0 Å². The number of rotatable bonds is 10. The number of para-hydroxylation sites is 1. The van der Waals surface area contributed by atoms with E-state index in [1.165, 1.54) is 26.0 Å². The fourth-order valence-corrected chi connectivity index (χ4v) is 4.85. The number of aliphatic hydroxyl groups excluding tert-OH is 1. The van der Waals surface area contributed by atoms with Crippen molar-refractivity contribution >= 4 is 13.7 Å². The van der Waals surface area contributed by atoms with Crippen LogP contribution in [0.25, 0.3) is 0 Å². The average Bonchev–Trinajstić information content (AvgIpc) is 3.08. The van der Waals surface area contributed by atoms with Gasteiger partial charge in [-0.1, -0.05) is 18.2 Å². The molecule has 1 aliphatic heterocycles. The van der Waals surface area contributed by atoms with E-state index in [-0.39, 0.29) is 11.3 Å². The molecular formula is C22H29FN3O9P. The molecule has 1 saturated heterocycles. The summed E-state index contributed by atoms with van der Waals surface area (Å²) in [5.74, 6) is -0.554. The van der Waals surface area contributed by atoms with Gasteiger partial charge in [0.2, 0.25) is 0 Å². The summed E-state index contributed by atoms with van der Waals surface area (Å²) < 4.78 is 50.7. The Labute approximate surface area is 205 Å². The van der Waals surface area contributed by atoms with Crippen molar-refractivity contribution in [1.82, 2.24) is 14.6 Å². The minimum absolute atomic E-state index is 0.131. The molecule has 0 amide bonds. The van der Waals surface area contributed by atoms with Crippen LogP contribution in [-0.2, 0) is 23.4 Å². The fourth-order valence-electron chi connectivity index (χ4n) is 3.35. The number of halogens is 1. The molecule has 0 radical (unpaired) electrons. The van der Waals surface area contributed by atoms with Gasteiger partial charge in [0.25, 0.3) is 5.56 Å². The summed E-state index contributed by atoms with van der Waals surface area (Å²) in [6.07, 6.45) is -6.07. The Hall–Kier alpha value is -2.83. The van der Waals surface area contributed by atoms with E-state index < -0.39 is 68.3 Å². The fraction of sp³-hybridized carbons (Fsp3) is 0.500. The molecule has 12 nitrogen and oxygen atoms in total. The van der Waals surface area contributed by atoms with E-state index in [1.807, 2.05) is 4.98 Å². The molecule has 14 heteroatoms. The molecule has 0 spiro atoms. The number of carbonyl (C=O) groups is 1. The Morgan fingerprint density at radius 2 is 1.94 bits per heavy atom. The first kappa shape index (κ1) is 27.8. The summed E-state index contributed by atoms with van der Waals surface area (Å²) in [5.41, 5.74) is -1.43. The maximum absolute atomic E-state index is 14.9. The Morgan fingerprint density at radius 1 is 1.28 bits per heavy atom. The Kier molecular flexibility index (Phi) is 8.85. The smallest absolute Gasteiger partial charge is 0.459 e. The van der Waals surface area contributed by atoms with Crippen molar-refractivity contribution in [1.29, 1.82) is 0 Å². The molecule has 1 aromatic heterocycles. The number of benzene rings is 1. The molecule has 2 unspecified atom stereocenters. The largest absolute Gasteiger partial charge is 0.462 e. The predicted octanol–water partition coefficient (Wildman–Crippen LogP) is 1.57. The quantitative estimate of drug-likeness (QED) is 0.305. The zero-order chi connectivity index (χ0) is 26.6. The highest BCUT2D eigenvalue weighted by molar-refractivity contribution is 7.52. The Balaban J connectivity index is 1.77. The molecule has 0 saturated carbocycles. The highest BCUT2D eigenvalue weighted by Crippen LogP contribution is 2.46. The maximum Gasteiger partial charge on any atom is 0.459 e. The number of alkyl halides is 1. The van der Waals surface area contributed by atoms with Crippen molar-refractivity contribution in [3.63, 3.8) is 0 Å². The van der Waals surface area contributed by atoms with E-state index in [2.05, 4.69) is 5.09 Å². The number of aliphatic hydroxyl groups is 1. The number of esters is 1. The summed E-state index contributed by atoms with van der Waals surface area (Å²) in [6, 6.07) is 6.87. The molecule has 1 fully saturated rings. The van der Waals surface area contributed by atoms with Crippen molar-refractivity contribution in [3.8, 4) is 5.75 Å². The van der Waals surface area contributed by atoms with Crippen LogP contribution < -0.4 is 20.9 Å². The number of nitrogens with one attached hydrogen (secondary N) is 2. The van der Waals surface area contributed by atoms with E-state index in [0.717, 1.165) is 10.8 Å². The third-order valence-electron chi connectivity index (χ3n) is 5.15. The van der Waals surface area contributed by atoms with Crippen LogP contribution in [0.2, 0.25) is 0 Å². The third-order valence-corrected chi connectivity index (χ3v) is 6.79. The summed E-state index contributed by atoms with van der Waals surface area (Å²) in [5, 5.41) is 12.8. The molecule has 198 valence electrons. The van der Waals surface area contributed by atoms with Gasteiger partial charge in [0.1, 0.15) is 24.0 Å². The number of hydrogen-bond donors (Lipinski definition) is 3. The zero-order valence-corrected chi connectivity index (χ0v) is 21.0. The van der Waals surface area contributed by atoms with Crippen LogP contribution in [0.5, 0.6) is 5.75 Å². The van der Waals surface area contributed by atoms with Gasteiger partial charge < -0.3 is 19.1 Å². The lowest BCUT2D eigenvalue weighted by Gasteiger charge is -2.25. The SMILES string of the molecule is Cc1cn([C@H]2O[C@@H](COP(=O)(N[C@@H](C)C(=O)OC(C)C)Oc3ccccc3)[C@@H](O)C2F)c(=O)[nH]c1=O. The molecule has 1 aromatic carbocycles. The number of hydrogen-bond acceptors (Lipinski definition) is 9. The van der Waals surface area contributed by atoms with Crippen LogP contribution in [0.1, 0.15) is 32.6 Å². The number of H-pyrrole nitrogens is 1. The van der Waals surface area contributed by atoms with Crippen molar-refractivity contribution in [2.75, 3.05) is 6.61 Å². The highest BCUT2D eigenvalue weighted by Gasteiger charge is 2.47. The summed E-state index contributed by atoms with van der Waals surface area (Å²) in [6.45, 7) is 5.49. The average molecular weight is 529 g/mol. The van der Waals surface area contributed by atoms with Crippen LogP contribution in [0.15, 0.2) is 46.1 Å². The molecule has 0 aliphatic carbocycles. The minimum atomic E-state index is -4.29. The van der Waals surface area contributed by atoms with Gasteiger partial charge in [-0.25, -0.2) is 13.8 Å². The van der Waals surface area contributed by atoms with Gasteiger partial charge in [-0.3, -0.25) is 23.7 Å². The second-order valence-corrected chi connectivity index (χ2v) is 10.2. The first-order chi connectivity index (χ1) is 16.9. The second kappa shape index (κ2) is 11.5. The zero-order valence-electron chi connectivity index (χ0n) is 20.1. The van der Waals surface area contributed by atoms with Crippen LogP contribution >= 0.6 is 7.75 Å². The molecule has 2 heterocycles. The van der Waals surface area contributed by atoms with Crippen LogP contribution in [0.4, 0.5) is 4.39 Å². The maximum atomic E-state index is 14.9. The lowest BCUT2D eigenvalue weighted by molar-refractivity contribution is -0.149. The van der Waals surface area contributed by atoms with E-state index in [0.29, 0.717) is 0 Å². The van der Waals surface area contributed by atoms with E-state index in [4.69, 9.17) is 18.5 Å². The van der Waals surface area contributed by atoms with Gasteiger partial charge in [-0.15, -0.1) is 0 Å². The van der Waals surface area contributed by atoms with Crippen LogP contribution in [0.3, 0.4) is 0 Å². The monoisotopic (exact) mass is 529 g/mol. The first-order valence-electron chi connectivity index (χ1n) is 11.2.